The second-order valence-electron chi connectivity index (χ2n) is 4.96. The molecule has 0 spiro atoms. The molecule has 0 bridgehead atoms. The van der Waals surface area contributed by atoms with Gasteiger partial charge >= 0.3 is 0 Å². The minimum atomic E-state index is 0.126. The van der Waals surface area contributed by atoms with Gasteiger partial charge in [0.05, 0.1) is 6.61 Å². The molecule has 1 fully saturated rings. The molecule has 1 aliphatic rings. The van der Waals surface area contributed by atoms with E-state index in [0.29, 0.717) is 6.04 Å². The van der Waals surface area contributed by atoms with Crippen LogP contribution in [0.15, 0.2) is 24.3 Å². The van der Waals surface area contributed by atoms with Gasteiger partial charge in [-0.1, -0.05) is 24.3 Å². The van der Waals surface area contributed by atoms with Crippen LogP contribution in [0.1, 0.15) is 24.0 Å². The lowest BCUT2D eigenvalue weighted by atomic mass is 10.1. The number of aliphatic hydroxyl groups is 1. The van der Waals surface area contributed by atoms with Crippen molar-refractivity contribution in [1.82, 2.24) is 10.2 Å². The van der Waals surface area contributed by atoms with E-state index in [9.17, 15) is 0 Å². The van der Waals surface area contributed by atoms with Crippen molar-refractivity contribution < 1.29 is 5.11 Å². The molecule has 17 heavy (non-hydrogen) atoms. The lowest BCUT2D eigenvalue weighted by molar-refractivity contribution is 0.226. The summed E-state index contributed by atoms with van der Waals surface area (Å²) in [5.41, 5.74) is 2.27. The molecule has 1 aromatic rings. The van der Waals surface area contributed by atoms with Crippen molar-refractivity contribution in [3.8, 4) is 0 Å². The van der Waals surface area contributed by atoms with Crippen LogP contribution in [0.3, 0.4) is 0 Å². The first-order valence-corrected chi connectivity index (χ1v) is 6.38. The third kappa shape index (κ3) is 3.80. The number of piperidine rings is 1. The van der Waals surface area contributed by atoms with Crippen LogP contribution in [-0.2, 0) is 13.2 Å². The molecule has 2 N–H and O–H groups in total. The summed E-state index contributed by atoms with van der Waals surface area (Å²) in [6, 6.07) is 8.77. The normalized spacial score (nSPS) is 21.6. The number of benzene rings is 1. The zero-order valence-corrected chi connectivity index (χ0v) is 10.5. The average Bonchev–Trinajstić information content (AvgIpc) is 2.37. The Kier molecular flexibility index (Phi) is 4.54. The predicted molar refractivity (Wildman–Crippen MR) is 69.7 cm³/mol. The summed E-state index contributed by atoms with van der Waals surface area (Å²) in [5.74, 6) is 0. The van der Waals surface area contributed by atoms with Crippen LogP contribution in [0.25, 0.3) is 0 Å². The fourth-order valence-corrected chi connectivity index (χ4v) is 2.36. The van der Waals surface area contributed by atoms with Gasteiger partial charge in [-0.3, -0.25) is 0 Å². The monoisotopic (exact) mass is 234 g/mol. The van der Waals surface area contributed by atoms with Gasteiger partial charge in [-0.15, -0.1) is 0 Å². The molecule has 1 saturated heterocycles. The Bertz CT molecular complexity index is 337. The molecule has 1 aromatic carbocycles. The minimum absolute atomic E-state index is 0.126. The number of hydrogen-bond acceptors (Lipinski definition) is 3. The summed E-state index contributed by atoms with van der Waals surface area (Å²) in [7, 11) is 2.18. The van der Waals surface area contributed by atoms with Gasteiger partial charge in [0.1, 0.15) is 0 Å². The first-order valence-electron chi connectivity index (χ1n) is 6.38. The third-order valence-corrected chi connectivity index (χ3v) is 3.42. The highest BCUT2D eigenvalue weighted by Crippen LogP contribution is 2.09. The maximum Gasteiger partial charge on any atom is 0.0681 e. The molecular weight excluding hydrogens is 212 g/mol. The first-order chi connectivity index (χ1) is 8.28. The lowest BCUT2D eigenvalue weighted by Gasteiger charge is -2.30. The quantitative estimate of drug-likeness (QED) is 0.826. The number of rotatable bonds is 4. The van der Waals surface area contributed by atoms with E-state index in [2.05, 4.69) is 29.4 Å². The van der Waals surface area contributed by atoms with E-state index in [1.807, 2.05) is 12.1 Å². The Morgan fingerprint density at radius 2 is 2.00 bits per heavy atom. The highest BCUT2D eigenvalue weighted by Gasteiger charge is 2.15. The van der Waals surface area contributed by atoms with Gasteiger partial charge in [0.2, 0.25) is 0 Å². The fraction of sp³-hybridized carbons (Fsp3) is 0.571. The van der Waals surface area contributed by atoms with Crippen molar-refractivity contribution in [1.29, 1.82) is 0 Å². The zero-order valence-electron chi connectivity index (χ0n) is 10.5. The SMILES string of the molecule is CN1CCCC(NCc2ccc(CO)cc2)C1. The van der Waals surface area contributed by atoms with Gasteiger partial charge in [-0.2, -0.15) is 0 Å². The van der Waals surface area contributed by atoms with Gasteiger partial charge in [0, 0.05) is 19.1 Å². The molecule has 1 atom stereocenters. The molecular formula is C14H22N2O. The summed E-state index contributed by atoms with van der Waals surface area (Å²) in [6.45, 7) is 3.42. The number of likely N-dealkylation sites (tertiary alicyclic amines) is 1. The van der Waals surface area contributed by atoms with Crippen molar-refractivity contribution in [3.05, 3.63) is 35.4 Å². The Hall–Kier alpha value is -0.900. The highest BCUT2D eigenvalue weighted by molar-refractivity contribution is 5.21. The van der Waals surface area contributed by atoms with E-state index in [-0.39, 0.29) is 6.61 Å². The summed E-state index contributed by atoms with van der Waals surface area (Å²) < 4.78 is 0. The molecule has 0 aliphatic carbocycles. The van der Waals surface area contributed by atoms with Crippen LogP contribution in [0, 0.1) is 0 Å². The summed E-state index contributed by atoms with van der Waals surface area (Å²) in [6.07, 6.45) is 2.57. The Morgan fingerprint density at radius 1 is 1.29 bits per heavy atom. The van der Waals surface area contributed by atoms with Crippen LogP contribution in [-0.4, -0.2) is 36.2 Å². The van der Waals surface area contributed by atoms with Crippen molar-refractivity contribution in [3.63, 3.8) is 0 Å². The van der Waals surface area contributed by atoms with Crippen LogP contribution >= 0.6 is 0 Å². The number of aliphatic hydroxyl groups excluding tert-OH is 1. The number of nitrogens with one attached hydrogen (secondary N) is 1. The van der Waals surface area contributed by atoms with E-state index in [0.717, 1.165) is 18.7 Å². The summed E-state index contributed by atoms with van der Waals surface area (Å²) >= 11 is 0. The average molecular weight is 234 g/mol. The van der Waals surface area contributed by atoms with Gasteiger partial charge in [-0.25, -0.2) is 0 Å². The van der Waals surface area contributed by atoms with Crippen LogP contribution < -0.4 is 5.32 Å². The van der Waals surface area contributed by atoms with Gasteiger partial charge in [-0.05, 0) is 37.6 Å². The maximum absolute atomic E-state index is 8.97. The third-order valence-electron chi connectivity index (χ3n) is 3.42. The molecule has 94 valence electrons. The van der Waals surface area contributed by atoms with Gasteiger partial charge in [0.15, 0.2) is 0 Å². The van der Waals surface area contributed by atoms with Crippen LogP contribution in [0.2, 0.25) is 0 Å². The topological polar surface area (TPSA) is 35.5 Å². The second-order valence-corrected chi connectivity index (χ2v) is 4.96. The predicted octanol–water partition coefficient (Wildman–Crippen LogP) is 1.36. The van der Waals surface area contributed by atoms with Crippen molar-refractivity contribution in [2.24, 2.45) is 0 Å². The Labute approximate surface area is 103 Å². The van der Waals surface area contributed by atoms with E-state index < -0.39 is 0 Å². The van der Waals surface area contributed by atoms with Gasteiger partial charge in [0.25, 0.3) is 0 Å². The Morgan fingerprint density at radius 3 is 2.65 bits per heavy atom. The molecule has 0 saturated carbocycles. The molecule has 1 aliphatic heterocycles. The van der Waals surface area contributed by atoms with Crippen molar-refractivity contribution in [2.75, 3.05) is 20.1 Å². The summed E-state index contributed by atoms with van der Waals surface area (Å²) in [4.78, 5) is 2.38. The van der Waals surface area contributed by atoms with Gasteiger partial charge < -0.3 is 15.3 Å². The van der Waals surface area contributed by atoms with Crippen molar-refractivity contribution >= 4 is 0 Å². The number of likely N-dealkylation sites (N-methyl/N-ethyl adjacent to an activating group) is 1. The van der Waals surface area contributed by atoms with E-state index in [1.165, 1.54) is 24.9 Å². The van der Waals surface area contributed by atoms with Crippen LogP contribution in [0.5, 0.6) is 0 Å². The fourth-order valence-electron chi connectivity index (χ4n) is 2.36. The molecule has 3 nitrogen and oxygen atoms in total. The largest absolute Gasteiger partial charge is 0.392 e. The minimum Gasteiger partial charge on any atom is -0.392 e. The highest BCUT2D eigenvalue weighted by atomic mass is 16.3. The number of nitrogens with zero attached hydrogens (tertiary/aromatic N) is 1. The molecule has 1 heterocycles. The van der Waals surface area contributed by atoms with E-state index in [1.54, 1.807) is 0 Å². The molecule has 0 amide bonds. The first kappa shape index (κ1) is 12.6. The number of hydrogen-bond donors (Lipinski definition) is 2. The maximum atomic E-state index is 8.97. The molecule has 0 aromatic heterocycles. The molecule has 3 heteroatoms. The zero-order chi connectivity index (χ0) is 12.1. The van der Waals surface area contributed by atoms with E-state index in [4.69, 9.17) is 5.11 Å². The van der Waals surface area contributed by atoms with Crippen molar-refractivity contribution in [2.45, 2.75) is 32.0 Å². The van der Waals surface area contributed by atoms with E-state index >= 15 is 0 Å². The standard InChI is InChI=1S/C14H22N2O/c1-16-8-2-3-14(10-16)15-9-12-4-6-13(11-17)7-5-12/h4-7,14-15,17H,2-3,8-11H2,1H3. The summed E-state index contributed by atoms with van der Waals surface area (Å²) in [5, 5.41) is 12.6. The smallest absolute Gasteiger partial charge is 0.0681 e. The molecule has 0 radical (unpaired) electrons. The second kappa shape index (κ2) is 6.15. The van der Waals surface area contributed by atoms with Crippen LogP contribution in [0.4, 0.5) is 0 Å². The Balaban J connectivity index is 1.80. The molecule has 2 rings (SSSR count). The lowest BCUT2D eigenvalue weighted by Crippen LogP contribution is -2.43. The molecule has 1 unspecified atom stereocenters.